The smallest absolute Gasteiger partial charge is 0.333 e. The van der Waals surface area contributed by atoms with Crippen LogP contribution in [0.2, 0.25) is 0 Å². The Balaban J connectivity index is 5.06. The highest BCUT2D eigenvalue weighted by Gasteiger charge is 2.56. The Hall–Kier alpha value is -1.63. The molecule has 172 valence electrons. The summed E-state index contributed by atoms with van der Waals surface area (Å²) in [4.78, 5) is 10.9. The molecule has 0 spiro atoms. The predicted octanol–water partition coefficient (Wildman–Crippen LogP) is 6.11. The van der Waals surface area contributed by atoms with Crippen LogP contribution in [0.1, 0.15) is 32.6 Å². The monoisotopic (exact) mass is 456 g/mol. The minimum Gasteiger partial charge on any atom is -0.456 e. The lowest BCUT2D eigenvalue weighted by Gasteiger charge is -2.29. The summed E-state index contributed by atoms with van der Waals surface area (Å²) in [7, 11) is 0. The molecule has 0 atom stereocenters. The summed E-state index contributed by atoms with van der Waals surface area (Å²) in [5.41, 5.74) is -0.373. The van der Waals surface area contributed by atoms with Crippen molar-refractivity contribution in [3.63, 3.8) is 0 Å². The first-order valence-electron chi connectivity index (χ1n) is 7.60. The minimum atomic E-state index is -5.37. The molecular weight excluding hydrogens is 440 g/mol. The number of ether oxygens (including phenoxy) is 1. The summed E-state index contributed by atoms with van der Waals surface area (Å²) in [6, 6.07) is 0. The summed E-state index contributed by atoms with van der Waals surface area (Å²) in [6.45, 7) is 2.10. The van der Waals surface area contributed by atoms with Crippen molar-refractivity contribution < 1.29 is 62.2 Å². The van der Waals surface area contributed by atoms with Crippen LogP contribution in [0.4, 0.5) is 52.7 Å². The molecule has 0 unspecified atom stereocenters. The van der Waals surface area contributed by atoms with Gasteiger partial charge in [-0.15, -0.1) is 0 Å². The molecule has 0 aliphatic carbocycles. The summed E-state index contributed by atoms with van der Waals surface area (Å²) >= 11 is 0. The highest BCUT2D eigenvalue weighted by Crippen LogP contribution is 2.45. The van der Waals surface area contributed by atoms with Crippen LogP contribution in [-0.4, -0.2) is 48.6 Å². The summed E-state index contributed by atoms with van der Waals surface area (Å²) in [5, 5.41) is 0. The van der Waals surface area contributed by atoms with Gasteiger partial charge in [0.25, 0.3) is 23.7 Å². The average molecular weight is 456 g/mol. The molecule has 0 N–H and O–H groups in total. The van der Waals surface area contributed by atoms with E-state index >= 15 is 0 Å². The van der Waals surface area contributed by atoms with E-state index in [-0.39, 0.29) is 5.57 Å². The number of rotatable bonds is 12. The fourth-order valence-corrected chi connectivity index (χ4v) is 2.09. The number of esters is 1. The average Bonchev–Trinajstić information content (AvgIpc) is 2.38. The van der Waals surface area contributed by atoms with Gasteiger partial charge in [0.15, 0.2) is 6.61 Å². The lowest BCUT2D eigenvalue weighted by atomic mass is 9.96. The van der Waals surface area contributed by atoms with Crippen LogP contribution in [-0.2, 0) is 9.53 Å². The standard InChI is InChI=1S/C15H16F12O2/c1-8(2)9(28)29-7-14(24,25)5-12(20,21)3-11(18,19)4-13(22,23)6-15(26,27)10(16)17/h10H,1,3-7H2,2H3. The molecule has 0 fully saturated rings. The molecule has 0 aliphatic rings. The molecule has 0 amide bonds. The normalized spacial score (nSPS) is 14.3. The Morgan fingerprint density at radius 1 is 0.759 bits per heavy atom. The van der Waals surface area contributed by atoms with Crippen molar-refractivity contribution in [1.82, 2.24) is 0 Å². The number of carbonyl (C=O) groups is 1. The predicted molar refractivity (Wildman–Crippen MR) is 75.0 cm³/mol. The Labute approximate surface area is 156 Å². The van der Waals surface area contributed by atoms with Crippen LogP contribution >= 0.6 is 0 Å². The molecule has 0 saturated carbocycles. The van der Waals surface area contributed by atoms with Gasteiger partial charge in [-0.1, -0.05) is 6.58 Å². The molecule has 0 aromatic heterocycles. The number of hydrogen-bond acceptors (Lipinski definition) is 2. The van der Waals surface area contributed by atoms with E-state index in [2.05, 4.69) is 11.3 Å². The molecule has 29 heavy (non-hydrogen) atoms. The van der Waals surface area contributed by atoms with Gasteiger partial charge in [0.1, 0.15) is 0 Å². The fourth-order valence-electron chi connectivity index (χ4n) is 2.09. The molecule has 0 aromatic rings. The van der Waals surface area contributed by atoms with E-state index in [0.717, 1.165) is 6.92 Å². The van der Waals surface area contributed by atoms with Crippen molar-refractivity contribution in [2.75, 3.05) is 6.61 Å². The van der Waals surface area contributed by atoms with Crippen LogP contribution in [0, 0.1) is 0 Å². The SMILES string of the molecule is C=C(C)C(=O)OCC(F)(F)CC(F)(F)CC(F)(F)CC(F)(F)CC(F)(F)C(F)F. The second-order valence-corrected chi connectivity index (χ2v) is 6.55. The van der Waals surface area contributed by atoms with E-state index in [4.69, 9.17) is 0 Å². The maximum absolute atomic E-state index is 13.5. The van der Waals surface area contributed by atoms with Crippen molar-refractivity contribution in [3.05, 3.63) is 12.2 Å². The minimum absolute atomic E-state index is 0.373. The highest BCUT2D eigenvalue weighted by atomic mass is 19.3. The molecule has 0 radical (unpaired) electrons. The van der Waals surface area contributed by atoms with E-state index in [1.54, 1.807) is 0 Å². The van der Waals surface area contributed by atoms with Crippen LogP contribution in [0.3, 0.4) is 0 Å². The van der Waals surface area contributed by atoms with Gasteiger partial charge in [0.05, 0.1) is 25.7 Å². The highest BCUT2D eigenvalue weighted by molar-refractivity contribution is 5.86. The topological polar surface area (TPSA) is 26.3 Å². The Morgan fingerprint density at radius 3 is 1.45 bits per heavy atom. The largest absolute Gasteiger partial charge is 0.456 e. The molecule has 0 rings (SSSR count). The first-order chi connectivity index (χ1) is 12.6. The lowest BCUT2D eigenvalue weighted by Crippen LogP contribution is -2.42. The van der Waals surface area contributed by atoms with Crippen molar-refractivity contribution in [2.24, 2.45) is 0 Å². The number of halogens is 12. The zero-order valence-corrected chi connectivity index (χ0v) is 14.7. The first-order valence-corrected chi connectivity index (χ1v) is 7.60. The molecule has 2 nitrogen and oxygen atoms in total. The third-order valence-electron chi connectivity index (χ3n) is 3.13. The molecule has 0 saturated heterocycles. The summed E-state index contributed by atoms with van der Waals surface area (Å²) in [5.74, 6) is -26.7. The third-order valence-corrected chi connectivity index (χ3v) is 3.13. The van der Waals surface area contributed by atoms with Gasteiger partial charge in [-0.25, -0.2) is 57.5 Å². The summed E-state index contributed by atoms with van der Waals surface area (Å²) < 4.78 is 160. The van der Waals surface area contributed by atoms with Crippen LogP contribution in [0.25, 0.3) is 0 Å². The van der Waals surface area contributed by atoms with E-state index < -0.39 is 74.3 Å². The zero-order valence-electron chi connectivity index (χ0n) is 14.7. The van der Waals surface area contributed by atoms with Gasteiger partial charge in [-0.3, -0.25) is 0 Å². The summed E-state index contributed by atoms with van der Waals surface area (Å²) in [6.07, 6.45) is -16.2. The van der Waals surface area contributed by atoms with Crippen molar-refractivity contribution in [2.45, 2.75) is 68.6 Å². The van der Waals surface area contributed by atoms with Crippen LogP contribution in [0.5, 0.6) is 0 Å². The number of alkyl halides is 12. The zero-order chi connectivity index (χ0) is 23.5. The van der Waals surface area contributed by atoms with E-state index in [1.807, 2.05) is 0 Å². The van der Waals surface area contributed by atoms with Crippen LogP contribution in [0.15, 0.2) is 12.2 Å². The fraction of sp³-hybridized carbons (Fsp3) is 0.800. The van der Waals surface area contributed by atoms with Gasteiger partial charge < -0.3 is 4.74 Å². The number of carbonyl (C=O) groups excluding carboxylic acids is 1. The molecule has 0 bridgehead atoms. The van der Waals surface area contributed by atoms with Gasteiger partial charge in [-0.2, -0.15) is 0 Å². The van der Waals surface area contributed by atoms with Crippen LogP contribution < -0.4 is 0 Å². The second kappa shape index (κ2) is 9.02. The van der Waals surface area contributed by atoms with Gasteiger partial charge in [0.2, 0.25) is 0 Å². The van der Waals surface area contributed by atoms with Crippen molar-refractivity contribution >= 4 is 5.97 Å². The third kappa shape index (κ3) is 10.6. The maximum atomic E-state index is 13.5. The van der Waals surface area contributed by atoms with Gasteiger partial charge in [0, 0.05) is 5.57 Å². The van der Waals surface area contributed by atoms with Crippen molar-refractivity contribution in [3.8, 4) is 0 Å². The molecule has 0 heterocycles. The molecular formula is C15H16F12O2. The Kier molecular flexibility index (Phi) is 8.52. The first kappa shape index (κ1) is 27.4. The van der Waals surface area contributed by atoms with E-state index in [9.17, 15) is 57.5 Å². The van der Waals surface area contributed by atoms with Gasteiger partial charge in [-0.05, 0) is 6.92 Å². The number of hydrogen-bond donors (Lipinski definition) is 0. The quantitative estimate of drug-likeness (QED) is 0.201. The lowest BCUT2D eigenvalue weighted by molar-refractivity contribution is -0.214. The Morgan fingerprint density at radius 2 is 1.10 bits per heavy atom. The molecule has 0 aliphatic heterocycles. The van der Waals surface area contributed by atoms with E-state index in [0.29, 0.717) is 0 Å². The van der Waals surface area contributed by atoms with Gasteiger partial charge >= 0.3 is 18.3 Å². The maximum Gasteiger partial charge on any atom is 0.333 e. The second-order valence-electron chi connectivity index (χ2n) is 6.55. The molecule has 14 heteroatoms. The molecule has 0 aromatic carbocycles. The Bertz CT molecular complexity index is 586. The van der Waals surface area contributed by atoms with E-state index in [1.165, 1.54) is 0 Å². The van der Waals surface area contributed by atoms with Crippen molar-refractivity contribution in [1.29, 1.82) is 0 Å².